The van der Waals surface area contributed by atoms with Gasteiger partial charge in [0.25, 0.3) is 0 Å². The van der Waals surface area contributed by atoms with Gasteiger partial charge in [-0.3, -0.25) is 4.79 Å². The molecule has 0 aromatic carbocycles. The maximum Gasteiger partial charge on any atom is 0.410 e. The van der Waals surface area contributed by atoms with Crippen LogP contribution in [0.3, 0.4) is 0 Å². The van der Waals surface area contributed by atoms with Crippen molar-refractivity contribution in [2.45, 2.75) is 76.6 Å². The number of ether oxygens (including phenoxy) is 2. The fourth-order valence-corrected chi connectivity index (χ4v) is 6.32. The van der Waals surface area contributed by atoms with Crippen LogP contribution in [-0.2, 0) is 21.3 Å². The molecule has 3 aromatic heterocycles. The molecule has 0 N–H and O–H groups in total. The monoisotopic (exact) mass is 550 g/mol. The molecule has 40 heavy (non-hydrogen) atoms. The van der Waals surface area contributed by atoms with E-state index in [9.17, 15) is 14.4 Å². The van der Waals surface area contributed by atoms with Gasteiger partial charge in [-0.1, -0.05) is 6.92 Å². The lowest BCUT2D eigenvalue weighted by atomic mass is 9.81. The zero-order valence-corrected chi connectivity index (χ0v) is 23.8. The van der Waals surface area contributed by atoms with Crippen molar-refractivity contribution < 1.29 is 23.6 Å². The lowest BCUT2D eigenvalue weighted by molar-refractivity contribution is -0.671. The second-order valence-electron chi connectivity index (χ2n) is 12.1. The average Bonchev–Trinajstić information content (AvgIpc) is 3.46. The highest BCUT2D eigenvalue weighted by molar-refractivity contribution is 5.83. The summed E-state index contributed by atoms with van der Waals surface area (Å²) in [4.78, 5) is 45.6. The summed E-state index contributed by atoms with van der Waals surface area (Å²) < 4.78 is 14.6. The molecule has 2 aliphatic heterocycles. The Hall–Kier alpha value is -3.96. The summed E-state index contributed by atoms with van der Waals surface area (Å²) in [6.45, 7) is 8.53. The Balaban J connectivity index is 1.48. The topological polar surface area (TPSA) is 116 Å². The molecule has 0 bridgehead atoms. The minimum atomic E-state index is -0.615. The van der Waals surface area contributed by atoms with E-state index >= 15 is 0 Å². The molecular weight excluding hydrogens is 514 g/mol. The number of aromatic nitrogens is 5. The molecule has 2 unspecified atom stereocenters. The quantitative estimate of drug-likeness (QED) is 0.360. The van der Waals surface area contributed by atoms with Crippen molar-refractivity contribution in [1.29, 1.82) is 0 Å². The van der Waals surface area contributed by atoms with Crippen LogP contribution in [-0.4, -0.2) is 74.4 Å². The highest BCUT2D eigenvalue weighted by Crippen LogP contribution is 2.45. The normalized spacial score (nSPS) is 23.9. The number of carbonyl (C=O) groups is 2. The van der Waals surface area contributed by atoms with E-state index in [4.69, 9.17) is 14.6 Å². The number of fused-ring (bicyclic) bond motifs is 4. The van der Waals surface area contributed by atoms with Gasteiger partial charge >= 0.3 is 12.1 Å². The first-order valence-electron chi connectivity index (χ1n) is 13.8. The minimum Gasteiger partial charge on any atom is -0.467 e. The summed E-state index contributed by atoms with van der Waals surface area (Å²) in [5.41, 5.74) is 1.82. The third-order valence-corrected chi connectivity index (χ3v) is 8.28. The largest absolute Gasteiger partial charge is 0.467 e. The number of anilines is 1. The molecule has 212 valence electrons. The van der Waals surface area contributed by atoms with Gasteiger partial charge in [0.15, 0.2) is 23.6 Å². The second-order valence-corrected chi connectivity index (χ2v) is 12.1. The van der Waals surface area contributed by atoms with Gasteiger partial charge in [-0.2, -0.15) is 0 Å². The molecule has 0 radical (unpaired) electrons. The third kappa shape index (κ3) is 4.11. The zero-order valence-electron chi connectivity index (χ0n) is 23.8. The zero-order chi connectivity index (χ0) is 28.5. The van der Waals surface area contributed by atoms with Crippen LogP contribution in [0, 0.1) is 0 Å². The molecular formula is C28H36N7O5+. The molecule has 4 atom stereocenters. The lowest BCUT2D eigenvalue weighted by Crippen LogP contribution is -2.67. The van der Waals surface area contributed by atoms with E-state index in [2.05, 4.69) is 10.00 Å². The molecule has 0 spiro atoms. The van der Waals surface area contributed by atoms with Gasteiger partial charge in [0.05, 0.1) is 24.5 Å². The van der Waals surface area contributed by atoms with Crippen LogP contribution in [0.25, 0.3) is 16.9 Å². The van der Waals surface area contributed by atoms with Gasteiger partial charge in [0.2, 0.25) is 5.43 Å². The van der Waals surface area contributed by atoms with Gasteiger partial charge in [0.1, 0.15) is 24.4 Å². The fourth-order valence-electron chi connectivity index (χ4n) is 6.32. The summed E-state index contributed by atoms with van der Waals surface area (Å²) >= 11 is 0. The first-order valence-corrected chi connectivity index (χ1v) is 13.8. The molecule has 2 fully saturated rings. The van der Waals surface area contributed by atoms with Crippen LogP contribution in [0.4, 0.5) is 10.5 Å². The molecule has 3 aliphatic rings. The standard InChI is InChI=1S/C28H36N7O5/c1-16-15-20(26(37)39-6)34-22(16)23(24(36)21-25(34)30-35(29-21)17-9-11-31(5)12-10-17)32-13-14-33(19-8-7-18(19)32)27(38)40-28(2,3)4/h9-12,16,18-20H,7-8,13-15H2,1-6H3/q+1/t16?,18-,19-,20?/m0/s1. The number of methoxy groups -OCH3 is 1. The lowest BCUT2D eigenvalue weighted by Gasteiger charge is -2.54. The van der Waals surface area contributed by atoms with Crippen LogP contribution < -0.4 is 14.9 Å². The van der Waals surface area contributed by atoms with Crippen molar-refractivity contribution in [3.05, 3.63) is 40.4 Å². The van der Waals surface area contributed by atoms with Crippen molar-refractivity contribution in [2.75, 3.05) is 25.1 Å². The number of carbonyl (C=O) groups excluding carboxylic acids is 2. The Morgan fingerprint density at radius 2 is 1.77 bits per heavy atom. The number of amides is 1. The van der Waals surface area contributed by atoms with Crippen molar-refractivity contribution >= 4 is 28.9 Å². The van der Waals surface area contributed by atoms with Gasteiger partial charge in [-0.25, -0.2) is 14.2 Å². The van der Waals surface area contributed by atoms with Crippen LogP contribution in [0.5, 0.6) is 0 Å². The number of hydrogen-bond donors (Lipinski definition) is 0. The molecule has 5 heterocycles. The van der Waals surface area contributed by atoms with Crippen LogP contribution >= 0.6 is 0 Å². The molecule has 12 nitrogen and oxygen atoms in total. The number of aryl methyl sites for hydroxylation is 1. The summed E-state index contributed by atoms with van der Waals surface area (Å²) in [7, 11) is 3.29. The third-order valence-electron chi connectivity index (χ3n) is 8.28. The van der Waals surface area contributed by atoms with Crippen molar-refractivity contribution in [2.24, 2.45) is 7.05 Å². The van der Waals surface area contributed by atoms with E-state index in [0.717, 1.165) is 18.5 Å². The number of esters is 1. The van der Waals surface area contributed by atoms with E-state index in [-0.39, 0.29) is 41.0 Å². The van der Waals surface area contributed by atoms with Gasteiger partial charge in [-0.15, -0.1) is 15.0 Å². The highest BCUT2D eigenvalue weighted by Gasteiger charge is 2.49. The van der Waals surface area contributed by atoms with Gasteiger partial charge < -0.3 is 23.8 Å². The summed E-state index contributed by atoms with van der Waals surface area (Å²) in [6.07, 6.45) is 5.63. The molecule has 1 aliphatic carbocycles. The first-order chi connectivity index (χ1) is 19.0. The van der Waals surface area contributed by atoms with Crippen molar-refractivity contribution in [3.63, 3.8) is 0 Å². The van der Waals surface area contributed by atoms with E-state index < -0.39 is 11.6 Å². The van der Waals surface area contributed by atoms with Crippen molar-refractivity contribution in [1.82, 2.24) is 24.5 Å². The smallest absolute Gasteiger partial charge is 0.410 e. The summed E-state index contributed by atoms with van der Waals surface area (Å²) in [5.74, 6) is -0.460. The summed E-state index contributed by atoms with van der Waals surface area (Å²) in [6, 6.07) is 3.04. The van der Waals surface area contributed by atoms with E-state index in [1.54, 1.807) is 4.90 Å². The SMILES string of the molecule is COC(=O)C1CC(C)c2c(N3CCN(C(=O)OC(C)(C)C)[C@H]4CC[C@@H]43)c(=O)c3nn(-c4cc[n+](C)cc4)nc3n21. The Labute approximate surface area is 232 Å². The Bertz CT molecular complexity index is 1550. The number of hydrogen-bond acceptors (Lipinski definition) is 8. The molecule has 6 rings (SSSR count). The number of nitrogens with zero attached hydrogens (tertiary/aromatic N) is 7. The Morgan fingerprint density at radius 3 is 2.40 bits per heavy atom. The van der Waals surface area contributed by atoms with E-state index in [1.165, 1.54) is 11.9 Å². The fraction of sp³-hybridized carbons (Fsp3) is 0.571. The number of rotatable bonds is 3. The summed E-state index contributed by atoms with van der Waals surface area (Å²) in [5, 5.41) is 9.35. The van der Waals surface area contributed by atoms with Crippen molar-refractivity contribution in [3.8, 4) is 5.69 Å². The molecule has 1 saturated heterocycles. The molecule has 1 amide bonds. The molecule has 12 heteroatoms. The van der Waals surface area contributed by atoms with E-state index in [1.807, 2.05) is 68.4 Å². The predicted molar refractivity (Wildman–Crippen MR) is 145 cm³/mol. The second kappa shape index (κ2) is 9.31. The maximum absolute atomic E-state index is 14.3. The first kappa shape index (κ1) is 26.3. The average molecular weight is 551 g/mol. The molecule has 1 saturated carbocycles. The molecule has 3 aromatic rings. The van der Waals surface area contributed by atoms with Gasteiger partial charge in [0, 0.05) is 37.2 Å². The number of pyridine rings is 2. The number of piperazine rings is 1. The predicted octanol–water partition coefficient (Wildman–Crippen LogP) is 2.22. The Morgan fingerprint density at radius 1 is 1.07 bits per heavy atom. The maximum atomic E-state index is 14.3. The Kier molecular flexibility index (Phi) is 6.11. The highest BCUT2D eigenvalue weighted by atomic mass is 16.6. The van der Waals surface area contributed by atoms with Crippen LogP contribution in [0.1, 0.15) is 64.6 Å². The minimum absolute atomic E-state index is 0.0235. The van der Waals surface area contributed by atoms with Crippen LogP contribution in [0.2, 0.25) is 0 Å². The van der Waals surface area contributed by atoms with Crippen LogP contribution in [0.15, 0.2) is 29.3 Å². The van der Waals surface area contributed by atoms with Gasteiger partial charge in [-0.05, 0) is 40.0 Å². The van der Waals surface area contributed by atoms with E-state index in [0.29, 0.717) is 36.5 Å².